The number of nitrogens with one attached hydrogen (secondary N) is 2. The SMILES string of the molecule is COc1ccccc1C(=O)ONC(=O)CCCCCCC(=O)Nc1ccccc1. The van der Waals surface area contributed by atoms with Crippen molar-refractivity contribution in [2.75, 3.05) is 12.4 Å². The number of rotatable bonds is 10. The second-order valence-corrected chi connectivity index (χ2v) is 6.44. The lowest BCUT2D eigenvalue weighted by Gasteiger charge is -2.08. The van der Waals surface area contributed by atoms with E-state index in [2.05, 4.69) is 10.8 Å². The number of hydrogen-bond donors (Lipinski definition) is 2. The zero-order valence-electron chi connectivity index (χ0n) is 16.5. The molecule has 0 bridgehead atoms. The van der Waals surface area contributed by atoms with E-state index in [1.54, 1.807) is 24.3 Å². The van der Waals surface area contributed by atoms with Gasteiger partial charge in [0.15, 0.2) is 0 Å². The number of carbonyl (C=O) groups is 3. The number of benzene rings is 2. The van der Waals surface area contributed by atoms with Crippen molar-refractivity contribution in [2.24, 2.45) is 0 Å². The van der Waals surface area contributed by atoms with Crippen molar-refractivity contribution in [1.29, 1.82) is 0 Å². The van der Waals surface area contributed by atoms with Gasteiger partial charge >= 0.3 is 5.97 Å². The monoisotopic (exact) mass is 398 g/mol. The minimum atomic E-state index is -0.680. The number of hydroxylamine groups is 1. The lowest BCUT2D eigenvalue weighted by molar-refractivity contribution is -0.130. The third-order valence-corrected chi connectivity index (χ3v) is 4.20. The van der Waals surface area contributed by atoms with E-state index in [1.165, 1.54) is 7.11 Å². The molecule has 2 aromatic carbocycles. The zero-order valence-corrected chi connectivity index (χ0v) is 16.5. The first-order valence-electron chi connectivity index (χ1n) is 9.58. The second-order valence-electron chi connectivity index (χ2n) is 6.44. The fourth-order valence-corrected chi connectivity index (χ4v) is 2.69. The molecule has 2 rings (SSSR count). The Balaban J connectivity index is 1.54. The smallest absolute Gasteiger partial charge is 0.366 e. The van der Waals surface area contributed by atoms with Crippen LogP contribution in [0.2, 0.25) is 0 Å². The Morgan fingerprint density at radius 3 is 2.10 bits per heavy atom. The van der Waals surface area contributed by atoms with Crippen molar-refractivity contribution in [1.82, 2.24) is 5.48 Å². The number of amides is 2. The predicted octanol–water partition coefficient (Wildman–Crippen LogP) is 3.86. The molecule has 0 spiro atoms. The summed E-state index contributed by atoms with van der Waals surface area (Å²) in [6.07, 6.45) is 3.75. The van der Waals surface area contributed by atoms with Gasteiger partial charge in [-0.1, -0.05) is 43.2 Å². The molecule has 0 aromatic heterocycles. The van der Waals surface area contributed by atoms with Crippen molar-refractivity contribution in [3.8, 4) is 5.75 Å². The van der Waals surface area contributed by atoms with Gasteiger partial charge in [0.25, 0.3) is 5.91 Å². The van der Waals surface area contributed by atoms with Crippen molar-refractivity contribution in [2.45, 2.75) is 38.5 Å². The van der Waals surface area contributed by atoms with E-state index < -0.39 is 5.97 Å². The molecule has 154 valence electrons. The van der Waals surface area contributed by atoms with Crippen LogP contribution in [-0.4, -0.2) is 24.9 Å². The van der Waals surface area contributed by atoms with Crippen LogP contribution < -0.4 is 15.5 Å². The zero-order chi connectivity index (χ0) is 20.9. The molecule has 2 aromatic rings. The molecule has 0 atom stereocenters. The summed E-state index contributed by atoms with van der Waals surface area (Å²) in [4.78, 5) is 40.4. The first-order chi connectivity index (χ1) is 14.1. The average molecular weight is 398 g/mol. The van der Waals surface area contributed by atoms with E-state index >= 15 is 0 Å². The van der Waals surface area contributed by atoms with Gasteiger partial charge in [-0.2, -0.15) is 5.48 Å². The summed E-state index contributed by atoms with van der Waals surface area (Å²) in [7, 11) is 1.45. The molecular weight excluding hydrogens is 372 g/mol. The summed E-state index contributed by atoms with van der Waals surface area (Å²) in [6, 6.07) is 15.9. The molecule has 0 aliphatic heterocycles. The molecule has 0 fully saturated rings. The van der Waals surface area contributed by atoms with E-state index in [0.29, 0.717) is 18.6 Å². The number of unbranched alkanes of at least 4 members (excludes halogenated alkanes) is 3. The molecule has 2 amide bonds. The van der Waals surface area contributed by atoms with E-state index in [1.807, 2.05) is 30.3 Å². The van der Waals surface area contributed by atoms with Crippen LogP contribution in [0.1, 0.15) is 48.9 Å². The maximum atomic E-state index is 12.0. The molecule has 29 heavy (non-hydrogen) atoms. The lowest BCUT2D eigenvalue weighted by Crippen LogP contribution is -2.27. The van der Waals surface area contributed by atoms with Crippen molar-refractivity contribution in [3.05, 3.63) is 60.2 Å². The third kappa shape index (κ3) is 8.04. The number of para-hydroxylation sites is 2. The summed E-state index contributed by atoms with van der Waals surface area (Å²) in [6.45, 7) is 0. The number of methoxy groups -OCH3 is 1. The average Bonchev–Trinajstić information content (AvgIpc) is 2.75. The van der Waals surface area contributed by atoms with Crippen LogP contribution in [0.25, 0.3) is 0 Å². The van der Waals surface area contributed by atoms with Gasteiger partial charge in [0, 0.05) is 18.5 Å². The molecule has 7 heteroatoms. The Morgan fingerprint density at radius 1 is 0.793 bits per heavy atom. The number of hydrogen-bond acceptors (Lipinski definition) is 5. The van der Waals surface area contributed by atoms with Gasteiger partial charge in [0.05, 0.1) is 7.11 Å². The van der Waals surface area contributed by atoms with Gasteiger partial charge in [-0.15, -0.1) is 0 Å². The van der Waals surface area contributed by atoms with Gasteiger partial charge < -0.3 is 14.9 Å². The van der Waals surface area contributed by atoms with Crippen molar-refractivity contribution in [3.63, 3.8) is 0 Å². The molecule has 7 nitrogen and oxygen atoms in total. The minimum Gasteiger partial charge on any atom is -0.496 e. The maximum Gasteiger partial charge on any atom is 0.366 e. The van der Waals surface area contributed by atoms with Crippen molar-refractivity contribution < 1.29 is 24.0 Å². The Kier molecular flexibility index (Phi) is 9.21. The van der Waals surface area contributed by atoms with Gasteiger partial charge in [-0.25, -0.2) is 4.79 Å². The molecule has 0 radical (unpaired) electrons. The summed E-state index contributed by atoms with van der Waals surface area (Å²) in [5.74, 6) is -0.685. The fourth-order valence-electron chi connectivity index (χ4n) is 2.69. The van der Waals surface area contributed by atoms with Gasteiger partial charge in [-0.3, -0.25) is 9.59 Å². The second kappa shape index (κ2) is 12.2. The summed E-state index contributed by atoms with van der Waals surface area (Å²) < 4.78 is 5.08. The summed E-state index contributed by atoms with van der Waals surface area (Å²) in [5, 5.41) is 2.84. The van der Waals surface area contributed by atoms with Crippen LogP contribution in [0.4, 0.5) is 5.69 Å². The van der Waals surface area contributed by atoms with Gasteiger partial charge in [-0.05, 0) is 37.1 Å². The minimum absolute atomic E-state index is 0.0165. The van der Waals surface area contributed by atoms with Gasteiger partial charge in [0.1, 0.15) is 11.3 Å². The van der Waals surface area contributed by atoms with Crippen LogP contribution in [-0.2, 0) is 14.4 Å². The fraction of sp³-hybridized carbons (Fsp3) is 0.318. The highest BCUT2D eigenvalue weighted by atomic mass is 16.7. The topological polar surface area (TPSA) is 93.7 Å². The molecule has 0 aliphatic carbocycles. The Labute approximate surface area is 170 Å². The summed E-state index contributed by atoms with van der Waals surface area (Å²) in [5.41, 5.74) is 3.19. The first-order valence-corrected chi connectivity index (χ1v) is 9.58. The predicted molar refractivity (Wildman–Crippen MR) is 109 cm³/mol. The molecule has 0 unspecified atom stereocenters. The molecule has 0 aliphatic rings. The molecule has 2 N–H and O–H groups in total. The molecule has 0 saturated heterocycles. The van der Waals surface area contributed by atoms with Crippen LogP contribution in [0.15, 0.2) is 54.6 Å². The summed E-state index contributed by atoms with van der Waals surface area (Å²) >= 11 is 0. The standard InChI is InChI=1S/C22H26N2O5/c1-28-19-14-10-9-13-18(19)22(27)29-24-21(26)16-8-3-2-7-15-20(25)23-17-11-5-4-6-12-17/h4-6,9-14H,2-3,7-8,15-16H2,1H3,(H,23,25)(H,24,26). The van der Waals surface area contributed by atoms with E-state index in [-0.39, 0.29) is 23.8 Å². The van der Waals surface area contributed by atoms with E-state index in [9.17, 15) is 14.4 Å². The molecular formula is C22H26N2O5. The Morgan fingerprint density at radius 2 is 1.41 bits per heavy atom. The van der Waals surface area contributed by atoms with Gasteiger partial charge in [0.2, 0.25) is 5.91 Å². The highest BCUT2D eigenvalue weighted by Gasteiger charge is 2.14. The largest absolute Gasteiger partial charge is 0.496 e. The Hall–Kier alpha value is -3.35. The van der Waals surface area contributed by atoms with Crippen LogP contribution >= 0.6 is 0 Å². The highest BCUT2D eigenvalue weighted by Crippen LogP contribution is 2.17. The molecule has 0 heterocycles. The van der Waals surface area contributed by atoms with Crippen molar-refractivity contribution >= 4 is 23.5 Å². The number of anilines is 1. The lowest BCUT2D eigenvalue weighted by atomic mass is 10.1. The number of carbonyl (C=O) groups excluding carboxylic acids is 3. The van der Waals surface area contributed by atoms with Crippen LogP contribution in [0.3, 0.4) is 0 Å². The van der Waals surface area contributed by atoms with E-state index in [4.69, 9.17) is 9.57 Å². The van der Waals surface area contributed by atoms with E-state index in [0.717, 1.165) is 24.9 Å². The number of ether oxygens (including phenoxy) is 1. The Bertz CT molecular complexity index is 808. The third-order valence-electron chi connectivity index (χ3n) is 4.20. The van der Waals surface area contributed by atoms with Crippen LogP contribution in [0.5, 0.6) is 5.75 Å². The highest BCUT2D eigenvalue weighted by molar-refractivity contribution is 5.93. The quantitative estimate of drug-likeness (QED) is 0.468. The van der Waals surface area contributed by atoms with Crippen LogP contribution in [0, 0.1) is 0 Å². The first kappa shape index (κ1) is 21.9. The molecule has 0 saturated carbocycles. The normalized spacial score (nSPS) is 10.1. The maximum absolute atomic E-state index is 12.0.